The van der Waals surface area contributed by atoms with E-state index in [-0.39, 0.29) is 0 Å². The molecule has 0 amide bonds. The molecule has 0 unspecified atom stereocenters. The summed E-state index contributed by atoms with van der Waals surface area (Å²) in [6.45, 7) is 3.33. The van der Waals surface area contributed by atoms with Crippen LogP contribution in [0.25, 0.3) is 10.8 Å². The Bertz CT molecular complexity index is 612. The van der Waals surface area contributed by atoms with Crippen molar-refractivity contribution in [3.8, 4) is 0 Å². The van der Waals surface area contributed by atoms with Crippen LogP contribution in [-0.2, 0) is 6.54 Å². The van der Waals surface area contributed by atoms with Gasteiger partial charge in [0.2, 0.25) is 0 Å². The van der Waals surface area contributed by atoms with Crippen LogP contribution in [0.5, 0.6) is 0 Å². The maximum Gasteiger partial charge on any atom is 0.0366 e. The van der Waals surface area contributed by atoms with Crippen LogP contribution >= 0.6 is 0 Å². The van der Waals surface area contributed by atoms with E-state index in [0.717, 1.165) is 18.2 Å². The third kappa shape index (κ3) is 3.21. The first kappa shape index (κ1) is 14.4. The largest absolute Gasteiger partial charge is 0.398 e. The zero-order chi connectivity index (χ0) is 14.8. The van der Waals surface area contributed by atoms with Gasteiger partial charge in [0.1, 0.15) is 0 Å². The van der Waals surface area contributed by atoms with Gasteiger partial charge in [-0.25, -0.2) is 0 Å². The number of anilines is 1. The quantitative estimate of drug-likeness (QED) is 0.844. The van der Waals surface area contributed by atoms with Crippen molar-refractivity contribution in [2.75, 3.05) is 12.8 Å². The molecule has 0 spiro atoms. The third-order valence-corrected chi connectivity index (χ3v) is 5.04. The summed E-state index contributed by atoms with van der Waals surface area (Å²) >= 11 is 0. The van der Waals surface area contributed by atoms with Gasteiger partial charge in [0.25, 0.3) is 0 Å². The summed E-state index contributed by atoms with van der Waals surface area (Å²) in [5, 5.41) is 2.51. The van der Waals surface area contributed by atoms with Gasteiger partial charge >= 0.3 is 0 Å². The molecular formula is C19H26N2. The molecule has 0 saturated heterocycles. The van der Waals surface area contributed by atoms with E-state index in [1.54, 1.807) is 0 Å². The lowest BCUT2D eigenvalue weighted by Gasteiger charge is -2.33. The molecular weight excluding hydrogens is 256 g/mol. The molecule has 2 nitrogen and oxygen atoms in total. The predicted octanol–water partition coefficient (Wildman–Crippen LogP) is 4.43. The first-order valence-electron chi connectivity index (χ1n) is 8.11. The Morgan fingerprint density at radius 1 is 1.05 bits per heavy atom. The number of hydrogen-bond donors (Lipinski definition) is 1. The van der Waals surface area contributed by atoms with Crippen molar-refractivity contribution in [3.05, 3.63) is 42.0 Å². The Labute approximate surface area is 127 Å². The standard InChI is InChI=1S/C19H26N2/c1-14-7-9-18(10-8-14)21(2)13-17-11-15-5-3-4-6-16(15)12-19(17)20/h3-6,11-12,14,18H,7-10,13,20H2,1-2H3. The maximum atomic E-state index is 6.26. The Balaban J connectivity index is 1.76. The Hall–Kier alpha value is -1.54. The highest BCUT2D eigenvalue weighted by atomic mass is 15.1. The van der Waals surface area contributed by atoms with Crippen LogP contribution in [0.3, 0.4) is 0 Å². The van der Waals surface area contributed by atoms with Gasteiger partial charge < -0.3 is 5.73 Å². The summed E-state index contributed by atoms with van der Waals surface area (Å²) in [4.78, 5) is 2.49. The molecule has 3 rings (SSSR count). The van der Waals surface area contributed by atoms with Gasteiger partial charge in [0.05, 0.1) is 0 Å². The third-order valence-electron chi connectivity index (χ3n) is 5.04. The summed E-state index contributed by atoms with van der Waals surface area (Å²) < 4.78 is 0. The lowest BCUT2D eigenvalue weighted by molar-refractivity contribution is 0.164. The van der Waals surface area contributed by atoms with Crippen LogP contribution in [0.2, 0.25) is 0 Å². The molecule has 112 valence electrons. The van der Waals surface area contributed by atoms with E-state index in [1.807, 2.05) is 0 Å². The molecule has 0 heterocycles. The second-order valence-corrected chi connectivity index (χ2v) is 6.73. The minimum atomic E-state index is 0.715. The fourth-order valence-electron chi connectivity index (χ4n) is 3.52. The highest BCUT2D eigenvalue weighted by Crippen LogP contribution is 2.29. The SMILES string of the molecule is CC1CCC(N(C)Cc2cc3ccccc3cc2N)CC1. The van der Waals surface area contributed by atoms with E-state index in [4.69, 9.17) is 5.73 Å². The highest BCUT2D eigenvalue weighted by molar-refractivity contribution is 5.86. The molecule has 2 aromatic carbocycles. The average Bonchev–Trinajstić information content (AvgIpc) is 2.48. The molecule has 0 bridgehead atoms. The zero-order valence-corrected chi connectivity index (χ0v) is 13.2. The van der Waals surface area contributed by atoms with Crippen LogP contribution < -0.4 is 5.73 Å². The minimum Gasteiger partial charge on any atom is -0.398 e. The first-order chi connectivity index (χ1) is 10.1. The zero-order valence-electron chi connectivity index (χ0n) is 13.2. The molecule has 2 heteroatoms. The molecule has 0 atom stereocenters. The second kappa shape index (κ2) is 6.07. The van der Waals surface area contributed by atoms with Crippen molar-refractivity contribution in [3.63, 3.8) is 0 Å². The van der Waals surface area contributed by atoms with Crippen LogP contribution in [0.4, 0.5) is 5.69 Å². The van der Waals surface area contributed by atoms with Crippen LogP contribution in [0, 0.1) is 5.92 Å². The molecule has 21 heavy (non-hydrogen) atoms. The maximum absolute atomic E-state index is 6.26. The molecule has 0 aromatic heterocycles. The fourth-order valence-corrected chi connectivity index (χ4v) is 3.52. The van der Waals surface area contributed by atoms with Crippen molar-refractivity contribution in [2.24, 2.45) is 5.92 Å². The number of nitrogens with two attached hydrogens (primary N) is 1. The second-order valence-electron chi connectivity index (χ2n) is 6.73. The van der Waals surface area contributed by atoms with Crippen molar-refractivity contribution in [1.29, 1.82) is 0 Å². The number of nitrogens with zero attached hydrogens (tertiary/aromatic N) is 1. The van der Waals surface area contributed by atoms with Crippen LogP contribution in [0.15, 0.2) is 36.4 Å². The Kier molecular flexibility index (Phi) is 4.16. The predicted molar refractivity (Wildman–Crippen MR) is 91.2 cm³/mol. The van der Waals surface area contributed by atoms with Gasteiger partial charge in [-0.15, -0.1) is 0 Å². The van der Waals surface area contributed by atoms with E-state index in [9.17, 15) is 0 Å². The van der Waals surface area contributed by atoms with Crippen molar-refractivity contribution >= 4 is 16.5 Å². The molecule has 2 aromatic rings. The van der Waals surface area contributed by atoms with E-state index in [2.05, 4.69) is 55.3 Å². The fraction of sp³-hybridized carbons (Fsp3) is 0.474. The van der Waals surface area contributed by atoms with E-state index < -0.39 is 0 Å². The lowest BCUT2D eigenvalue weighted by Crippen LogP contribution is -2.34. The lowest BCUT2D eigenvalue weighted by atomic mass is 9.86. The number of fused-ring (bicyclic) bond motifs is 1. The number of nitrogen functional groups attached to an aromatic ring is 1. The van der Waals surface area contributed by atoms with Gasteiger partial charge in [0, 0.05) is 18.3 Å². The van der Waals surface area contributed by atoms with Crippen molar-refractivity contribution in [2.45, 2.75) is 45.2 Å². The monoisotopic (exact) mass is 282 g/mol. The van der Waals surface area contributed by atoms with E-state index >= 15 is 0 Å². The molecule has 1 fully saturated rings. The number of rotatable bonds is 3. The smallest absolute Gasteiger partial charge is 0.0366 e. The topological polar surface area (TPSA) is 29.3 Å². The van der Waals surface area contributed by atoms with Gasteiger partial charge in [-0.05, 0) is 67.1 Å². The molecule has 1 aliphatic rings. The number of benzene rings is 2. The first-order valence-corrected chi connectivity index (χ1v) is 8.11. The average molecular weight is 282 g/mol. The van der Waals surface area contributed by atoms with Crippen LogP contribution in [0.1, 0.15) is 38.2 Å². The Morgan fingerprint density at radius 3 is 2.33 bits per heavy atom. The summed E-state index contributed by atoms with van der Waals surface area (Å²) in [5.41, 5.74) is 8.44. The van der Waals surface area contributed by atoms with E-state index in [1.165, 1.54) is 42.0 Å². The van der Waals surface area contributed by atoms with Gasteiger partial charge in [0.15, 0.2) is 0 Å². The molecule has 0 aliphatic heterocycles. The summed E-state index contributed by atoms with van der Waals surface area (Å²) in [6, 6.07) is 13.5. The summed E-state index contributed by atoms with van der Waals surface area (Å²) in [5.74, 6) is 0.903. The summed E-state index contributed by atoms with van der Waals surface area (Å²) in [7, 11) is 2.25. The Morgan fingerprint density at radius 2 is 1.67 bits per heavy atom. The van der Waals surface area contributed by atoms with Gasteiger partial charge in [-0.2, -0.15) is 0 Å². The molecule has 1 aliphatic carbocycles. The minimum absolute atomic E-state index is 0.715. The summed E-state index contributed by atoms with van der Waals surface area (Å²) in [6.07, 6.45) is 5.38. The molecule has 0 radical (unpaired) electrons. The number of hydrogen-bond acceptors (Lipinski definition) is 2. The normalized spacial score (nSPS) is 22.8. The van der Waals surface area contributed by atoms with Crippen molar-refractivity contribution < 1.29 is 0 Å². The van der Waals surface area contributed by atoms with Crippen molar-refractivity contribution in [1.82, 2.24) is 4.90 Å². The van der Waals surface area contributed by atoms with Gasteiger partial charge in [-0.1, -0.05) is 31.2 Å². The van der Waals surface area contributed by atoms with E-state index in [0.29, 0.717) is 6.04 Å². The molecule has 1 saturated carbocycles. The van der Waals surface area contributed by atoms with Gasteiger partial charge in [-0.3, -0.25) is 4.90 Å². The van der Waals surface area contributed by atoms with Crippen LogP contribution in [-0.4, -0.2) is 18.0 Å². The molecule has 2 N–H and O–H groups in total. The highest BCUT2D eigenvalue weighted by Gasteiger charge is 2.22.